The standard InChI is InChI=1S/C28H48NO/c1-6-8-9-10-11-12-13-14-15-19-22-29(5,24-27-20-17-16-18-21-27)26(4)23-25(3)28(30)7-2/h7,16-18,20-21,25-26H,2,6,8-15,19,22-24H2,1,3-5H3/q+1. The fourth-order valence-corrected chi connectivity index (χ4v) is 4.50. The summed E-state index contributed by atoms with van der Waals surface area (Å²) in [6.45, 7) is 12.5. The molecule has 0 saturated heterocycles. The number of nitrogens with zero attached hydrogens (tertiary/aromatic N) is 1. The van der Waals surface area contributed by atoms with Crippen molar-refractivity contribution in [2.75, 3.05) is 13.6 Å². The van der Waals surface area contributed by atoms with E-state index in [1.54, 1.807) is 0 Å². The highest BCUT2D eigenvalue weighted by Crippen LogP contribution is 2.24. The summed E-state index contributed by atoms with van der Waals surface area (Å²) in [7, 11) is 2.39. The summed E-state index contributed by atoms with van der Waals surface area (Å²) in [6, 6.07) is 11.3. The maximum Gasteiger partial charge on any atom is 0.158 e. The average Bonchev–Trinajstić information content (AvgIpc) is 2.75. The van der Waals surface area contributed by atoms with Crippen molar-refractivity contribution >= 4 is 5.78 Å². The molecule has 0 radical (unpaired) electrons. The van der Waals surface area contributed by atoms with E-state index in [-0.39, 0.29) is 11.7 Å². The molecule has 0 aliphatic carbocycles. The molecule has 0 heterocycles. The molecule has 0 N–H and O–H groups in total. The monoisotopic (exact) mass is 414 g/mol. The highest BCUT2D eigenvalue weighted by molar-refractivity contribution is 5.90. The van der Waals surface area contributed by atoms with Crippen LogP contribution in [-0.2, 0) is 11.3 Å². The van der Waals surface area contributed by atoms with E-state index in [0.717, 1.165) is 17.4 Å². The van der Waals surface area contributed by atoms with Gasteiger partial charge in [0.05, 0.1) is 19.6 Å². The smallest absolute Gasteiger partial charge is 0.158 e. The van der Waals surface area contributed by atoms with Crippen molar-refractivity contribution in [2.24, 2.45) is 5.92 Å². The van der Waals surface area contributed by atoms with E-state index in [4.69, 9.17) is 0 Å². The Bertz CT molecular complexity index is 582. The lowest BCUT2D eigenvalue weighted by Gasteiger charge is -2.41. The van der Waals surface area contributed by atoms with Crippen LogP contribution in [0.5, 0.6) is 0 Å². The first-order chi connectivity index (χ1) is 14.4. The second-order valence-corrected chi connectivity index (χ2v) is 9.62. The van der Waals surface area contributed by atoms with Crippen LogP contribution in [0.2, 0.25) is 0 Å². The number of hydrogen-bond donors (Lipinski definition) is 0. The fraction of sp³-hybridized carbons (Fsp3) is 0.679. The maximum atomic E-state index is 12.1. The summed E-state index contributed by atoms with van der Waals surface area (Å²) in [5.74, 6) is 0.227. The lowest BCUT2D eigenvalue weighted by atomic mass is 9.95. The third-order valence-corrected chi connectivity index (χ3v) is 6.85. The minimum Gasteiger partial charge on any atom is -0.320 e. The van der Waals surface area contributed by atoms with Crippen LogP contribution in [0.25, 0.3) is 0 Å². The molecule has 0 fully saturated rings. The van der Waals surface area contributed by atoms with Gasteiger partial charge in [-0.15, -0.1) is 0 Å². The Balaban J connectivity index is 2.51. The van der Waals surface area contributed by atoms with Gasteiger partial charge in [-0.2, -0.15) is 0 Å². The molecule has 1 rings (SSSR count). The van der Waals surface area contributed by atoms with Gasteiger partial charge in [0.15, 0.2) is 5.78 Å². The third kappa shape index (κ3) is 10.6. The highest BCUT2D eigenvalue weighted by Gasteiger charge is 2.31. The SMILES string of the molecule is C=CC(=O)C(C)CC(C)[N+](C)(CCCCCCCCCCCC)Cc1ccccc1. The predicted octanol–water partition coefficient (Wildman–Crippen LogP) is 7.72. The largest absolute Gasteiger partial charge is 0.320 e. The predicted molar refractivity (Wildman–Crippen MR) is 131 cm³/mol. The third-order valence-electron chi connectivity index (χ3n) is 6.85. The molecule has 2 nitrogen and oxygen atoms in total. The van der Waals surface area contributed by atoms with E-state index < -0.39 is 0 Å². The van der Waals surface area contributed by atoms with Gasteiger partial charge >= 0.3 is 0 Å². The Kier molecular flexibility index (Phi) is 13.7. The maximum absolute atomic E-state index is 12.1. The summed E-state index contributed by atoms with van der Waals surface area (Å²) in [6.07, 6.45) is 16.1. The summed E-state index contributed by atoms with van der Waals surface area (Å²) in [4.78, 5) is 12.1. The second kappa shape index (κ2) is 15.4. The van der Waals surface area contributed by atoms with Gasteiger partial charge in [0, 0.05) is 17.9 Å². The molecule has 0 saturated carbocycles. The fourth-order valence-electron chi connectivity index (χ4n) is 4.50. The van der Waals surface area contributed by atoms with E-state index in [1.165, 1.54) is 82.4 Å². The number of allylic oxidation sites excluding steroid dienone is 1. The van der Waals surface area contributed by atoms with E-state index in [2.05, 4.69) is 57.8 Å². The second-order valence-electron chi connectivity index (χ2n) is 9.62. The number of carbonyl (C=O) groups is 1. The first-order valence-electron chi connectivity index (χ1n) is 12.5. The average molecular weight is 415 g/mol. The molecule has 1 aromatic carbocycles. The molecule has 170 valence electrons. The minimum atomic E-state index is 0.0541. The van der Waals surface area contributed by atoms with E-state index in [9.17, 15) is 4.79 Å². The quantitative estimate of drug-likeness (QED) is 0.136. The van der Waals surface area contributed by atoms with Crippen molar-refractivity contribution in [3.05, 3.63) is 48.6 Å². The normalized spacial score (nSPS) is 15.3. The van der Waals surface area contributed by atoms with Crippen LogP contribution in [0.15, 0.2) is 43.0 Å². The van der Waals surface area contributed by atoms with Crippen molar-refractivity contribution in [3.8, 4) is 0 Å². The molecule has 30 heavy (non-hydrogen) atoms. The Morgan fingerprint density at radius 3 is 2.00 bits per heavy atom. The van der Waals surface area contributed by atoms with Crippen LogP contribution in [-0.4, -0.2) is 29.9 Å². The molecule has 0 aliphatic heterocycles. The molecular formula is C28H48NO+. The number of quaternary nitrogens is 1. The first kappa shape index (κ1) is 26.6. The van der Waals surface area contributed by atoms with Crippen LogP contribution in [0.1, 0.15) is 97.0 Å². The van der Waals surface area contributed by atoms with Gasteiger partial charge in [-0.3, -0.25) is 4.79 Å². The lowest BCUT2D eigenvalue weighted by molar-refractivity contribution is -0.945. The van der Waals surface area contributed by atoms with Crippen LogP contribution in [0, 0.1) is 5.92 Å². The number of unbranched alkanes of at least 4 members (excludes halogenated alkanes) is 9. The number of rotatable bonds is 18. The number of hydrogen-bond acceptors (Lipinski definition) is 1. The molecular weight excluding hydrogens is 366 g/mol. The molecule has 0 bridgehead atoms. The van der Waals surface area contributed by atoms with Gasteiger partial charge in [0.1, 0.15) is 6.54 Å². The molecule has 3 unspecified atom stereocenters. The van der Waals surface area contributed by atoms with Crippen LogP contribution in [0.4, 0.5) is 0 Å². The van der Waals surface area contributed by atoms with Crippen LogP contribution < -0.4 is 0 Å². The van der Waals surface area contributed by atoms with Crippen molar-refractivity contribution in [1.29, 1.82) is 0 Å². The zero-order chi connectivity index (χ0) is 22.2. The van der Waals surface area contributed by atoms with E-state index in [1.807, 2.05) is 6.92 Å². The minimum absolute atomic E-state index is 0.0541. The topological polar surface area (TPSA) is 17.1 Å². The lowest BCUT2D eigenvalue weighted by Crippen LogP contribution is -2.51. The van der Waals surface area contributed by atoms with Crippen molar-refractivity contribution in [1.82, 2.24) is 0 Å². The summed E-state index contributed by atoms with van der Waals surface area (Å²) >= 11 is 0. The van der Waals surface area contributed by atoms with Gasteiger partial charge in [-0.05, 0) is 25.8 Å². The van der Waals surface area contributed by atoms with Gasteiger partial charge in [0.2, 0.25) is 0 Å². The number of carbonyl (C=O) groups excluding carboxylic acids is 1. The molecule has 3 atom stereocenters. The van der Waals surface area contributed by atoms with Crippen molar-refractivity contribution in [2.45, 2.75) is 104 Å². The van der Waals surface area contributed by atoms with Crippen molar-refractivity contribution < 1.29 is 9.28 Å². The molecule has 0 amide bonds. The molecule has 1 aromatic rings. The summed E-state index contributed by atoms with van der Waals surface area (Å²) in [5, 5.41) is 0. The van der Waals surface area contributed by atoms with Gasteiger partial charge in [0.25, 0.3) is 0 Å². The first-order valence-corrected chi connectivity index (χ1v) is 12.5. The Hall–Kier alpha value is -1.41. The van der Waals surface area contributed by atoms with Crippen LogP contribution >= 0.6 is 0 Å². The summed E-state index contributed by atoms with van der Waals surface area (Å²) in [5.41, 5.74) is 1.39. The molecule has 0 aliphatic rings. The van der Waals surface area contributed by atoms with Gasteiger partial charge in [-0.25, -0.2) is 0 Å². The van der Waals surface area contributed by atoms with E-state index in [0.29, 0.717) is 6.04 Å². The zero-order valence-corrected chi connectivity index (χ0v) is 20.4. The zero-order valence-electron chi connectivity index (χ0n) is 20.4. The number of benzene rings is 1. The van der Waals surface area contributed by atoms with Crippen molar-refractivity contribution in [3.63, 3.8) is 0 Å². The Labute approximate surface area is 187 Å². The Morgan fingerprint density at radius 1 is 0.933 bits per heavy atom. The van der Waals surface area contributed by atoms with E-state index >= 15 is 0 Å². The van der Waals surface area contributed by atoms with Gasteiger partial charge in [-0.1, -0.05) is 102 Å². The Morgan fingerprint density at radius 2 is 1.47 bits per heavy atom. The molecule has 0 spiro atoms. The molecule has 0 aromatic heterocycles. The highest BCUT2D eigenvalue weighted by atomic mass is 16.1. The van der Waals surface area contributed by atoms with Gasteiger partial charge < -0.3 is 4.48 Å². The number of ketones is 1. The molecule has 2 heteroatoms. The summed E-state index contributed by atoms with van der Waals surface area (Å²) < 4.78 is 1.01. The van der Waals surface area contributed by atoms with Crippen LogP contribution in [0.3, 0.4) is 0 Å².